The molecule has 0 amide bonds. The summed E-state index contributed by atoms with van der Waals surface area (Å²) in [6.07, 6.45) is 3.94. The third kappa shape index (κ3) is 1.13. The molecule has 5 heteroatoms. The first kappa shape index (κ1) is 8.81. The number of aryl methyl sites for hydroxylation is 2. The number of nitrogens with zero attached hydrogens (tertiary/aromatic N) is 5. The predicted molar refractivity (Wildman–Crippen MR) is 61.4 cm³/mol. The molecule has 0 N–H and O–H groups in total. The second-order valence-electron chi connectivity index (χ2n) is 4.18. The van der Waals surface area contributed by atoms with Gasteiger partial charge in [-0.15, -0.1) is 0 Å². The lowest BCUT2D eigenvalue weighted by atomic mass is 9.90. The molecule has 0 aliphatic heterocycles. The van der Waals surface area contributed by atoms with Crippen LogP contribution in [-0.4, -0.2) is 25.0 Å². The van der Waals surface area contributed by atoms with Gasteiger partial charge in [0, 0.05) is 11.8 Å². The van der Waals surface area contributed by atoms with Crippen molar-refractivity contribution in [1.29, 1.82) is 0 Å². The summed E-state index contributed by atoms with van der Waals surface area (Å²) < 4.78 is 1.73. The Morgan fingerprint density at radius 1 is 1.06 bits per heavy atom. The Morgan fingerprint density at radius 3 is 2.94 bits per heavy atom. The van der Waals surface area contributed by atoms with Crippen LogP contribution in [0.2, 0.25) is 0 Å². The molecule has 4 rings (SSSR count). The van der Waals surface area contributed by atoms with Crippen LogP contribution < -0.4 is 0 Å². The monoisotopic (exact) mass is 223 g/mol. The van der Waals surface area contributed by atoms with Crippen molar-refractivity contribution in [3.63, 3.8) is 0 Å². The number of benzene rings is 1. The number of tetrazole rings is 1. The largest absolute Gasteiger partial charge is 0.273 e. The van der Waals surface area contributed by atoms with Crippen LogP contribution in [0.4, 0.5) is 0 Å². The Kier molecular flexibility index (Phi) is 1.61. The molecule has 0 saturated heterocycles. The third-order valence-electron chi connectivity index (χ3n) is 3.24. The molecule has 82 valence electrons. The topological polar surface area (TPSA) is 56.0 Å². The Labute approximate surface area is 97.1 Å². The summed E-state index contributed by atoms with van der Waals surface area (Å²) in [5, 5.41) is 11.6. The first-order valence-electron chi connectivity index (χ1n) is 5.58. The number of hydrogen-bond donors (Lipinski definition) is 0. The molecule has 1 aliphatic carbocycles. The molecule has 0 fully saturated rings. The van der Waals surface area contributed by atoms with E-state index in [0.29, 0.717) is 5.78 Å². The van der Waals surface area contributed by atoms with Crippen LogP contribution in [0.3, 0.4) is 0 Å². The van der Waals surface area contributed by atoms with Crippen LogP contribution in [0.5, 0.6) is 0 Å². The van der Waals surface area contributed by atoms with Gasteiger partial charge in [-0.25, -0.2) is 4.98 Å². The predicted octanol–water partition coefficient (Wildman–Crippen LogP) is 1.28. The van der Waals surface area contributed by atoms with Gasteiger partial charge in [0.2, 0.25) is 0 Å². The molecule has 1 aliphatic rings. The molecule has 0 radical (unpaired) electrons. The summed E-state index contributed by atoms with van der Waals surface area (Å²) in [5.41, 5.74) is 4.86. The highest BCUT2D eigenvalue weighted by Gasteiger charge is 2.20. The molecule has 3 aromatic rings. The van der Waals surface area contributed by atoms with E-state index in [1.807, 2.05) is 12.3 Å². The number of rotatable bonds is 0. The molecule has 2 aromatic heterocycles. The zero-order valence-corrected chi connectivity index (χ0v) is 9.04. The second-order valence-corrected chi connectivity index (χ2v) is 4.18. The summed E-state index contributed by atoms with van der Waals surface area (Å²) in [5.74, 6) is 0.556. The minimum atomic E-state index is 0.556. The molecule has 0 spiro atoms. The van der Waals surface area contributed by atoms with Crippen molar-refractivity contribution < 1.29 is 0 Å². The van der Waals surface area contributed by atoms with E-state index < -0.39 is 0 Å². The SMILES string of the molecule is c1ccc2c(c1)CCc1cnc3nnnn3c1-2. The van der Waals surface area contributed by atoms with Crippen LogP contribution >= 0.6 is 0 Å². The molecule has 17 heavy (non-hydrogen) atoms. The molecule has 2 heterocycles. The molecule has 0 bridgehead atoms. The summed E-state index contributed by atoms with van der Waals surface area (Å²) in [6, 6.07) is 8.40. The molecule has 0 saturated carbocycles. The molecule has 1 aromatic carbocycles. The van der Waals surface area contributed by atoms with Gasteiger partial charge in [-0.1, -0.05) is 29.4 Å². The van der Waals surface area contributed by atoms with E-state index in [1.165, 1.54) is 16.7 Å². The van der Waals surface area contributed by atoms with E-state index in [4.69, 9.17) is 0 Å². The number of hydrogen-bond acceptors (Lipinski definition) is 4. The van der Waals surface area contributed by atoms with Crippen LogP contribution in [0.15, 0.2) is 30.5 Å². The standard InChI is InChI=1S/C12H9N5/c1-2-4-10-8(3-1)5-6-9-7-13-12-14-15-16-17(12)11(9)10/h1-4,7H,5-6H2. The van der Waals surface area contributed by atoms with Crippen molar-refractivity contribution in [2.24, 2.45) is 0 Å². The van der Waals surface area contributed by atoms with E-state index in [9.17, 15) is 0 Å². The van der Waals surface area contributed by atoms with Crippen molar-refractivity contribution in [3.05, 3.63) is 41.6 Å². The van der Waals surface area contributed by atoms with Crippen molar-refractivity contribution >= 4 is 5.78 Å². The molecular formula is C12H9N5. The highest BCUT2D eigenvalue weighted by molar-refractivity contribution is 5.70. The van der Waals surface area contributed by atoms with E-state index >= 15 is 0 Å². The summed E-state index contributed by atoms with van der Waals surface area (Å²) in [6.45, 7) is 0. The summed E-state index contributed by atoms with van der Waals surface area (Å²) >= 11 is 0. The Hall–Kier alpha value is -2.30. The average Bonchev–Trinajstić information content (AvgIpc) is 2.86. The zero-order valence-electron chi connectivity index (χ0n) is 9.04. The summed E-state index contributed by atoms with van der Waals surface area (Å²) in [4.78, 5) is 4.25. The van der Waals surface area contributed by atoms with Crippen LogP contribution in [0, 0.1) is 0 Å². The van der Waals surface area contributed by atoms with Crippen LogP contribution in [0.1, 0.15) is 11.1 Å². The van der Waals surface area contributed by atoms with E-state index in [2.05, 4.69) is 38.7 Å². The lowest BCUT2D eigenvalue weighted by Gasteiger charge is -2.18. The van der Waals surface area contributed by atoms with Gasteiger partial charge in [-0.2, -0.15) is 4.52 Å². The van der Waals surface area contributed by atoms with E-state index in [0.717, 1.165) is 18.5 Å². The molecule has 0 unspecified atom stereocenters. The summed E-state index contributed by atoms with van der Waals surface area (Å²) in [7, 11) is 0. The van der Waals surface area contributed by atoms with Gasteiger partial charge in [-0.3, -0.25) is 0 Å². The first-order valence-corrected chi connectivity index (χ1v) is 5.58. The number of fused-ring (bicyclic) bond motifs is 5. The molecule has 5 nitrogen and oxygen atoms in total. The maximum Gasteiger partial charge on any atom is 0.273 e. The Bertz CT molecular complexity index is 716. The first-order chi connectivity index (χ1) is 8.43. The minimum Gasteiger partial charge on any atom is -0.218 e. The van der Waals surface area contributed by atoms with Crippen LogP contribution in [0.25, 0.3) is 17.0 Å². The molecule has 0 atom stereocenters. The Balaban J connectivity index is 2.16. The van der Waals surface area contributed by atoms with E-state index in [1.54, 1.807) is 4.52 Å². The van der Waals surface area contributed by atoms with Gasteiger partial charge in [0.15, 0.2) is 0 Å². The van der Waals surface area contributed by atoms with Crippen molar-refractivity contribution in [1.82, 2.24) is 25.0 Å². The highest BCUT2D eigenvalue weighted by Crippen LogP contribution is 2.32. The second kappa shape index (κ2) is 3.10. The number of aromatic nitrogens is 5. The zero-order chi connectivity index (χ0) is 11.2. The van der Waals surface area contributed by atoms with Gasteiger partial charge in [0.1, 0.15) is 0 Å². The normalized spacial score (nSPS) is 13.4. The van der Waals surface area contributed by atoms with Crippen molar-refractivity contribution in [2.75, 3.05) is 0 Å². The fourth-order valence-electron chi connectivity index (χ4n) is 2.45. The highest BCUT2D eigenvalue weighted by atomic mass is 15.5. The van der Waals surface area contributed by atoms with Gasteiger partial charge in [-0.05, 0) is 34.4 Å². The Morgan fingerprint density at radius 2 is 1.94 bits per heavy atom. The van der Waals surface area contributed by atoms with Gasteiger partial charge in [0.05, 0.1) is 5.69 Å². The lowest BCUT2D eigenvalue weighted by Crippen LogP contribution is -2.10. The maximum absolute atomic E-state index is 4.25. The van der Waals surface area contributed by atoms with Crippen LogP contribution in [-0.2, 0) is 12.8 Å². The lowest BCUT2D eigenvalue weighted by molar-refractivity contribution is 0.804. The smallest absolute Gasteiger partial charge is 0.218 e. The fraction of sp³-hybridized carbons (Fsp3) is 0.167. The van der Waals surface area contributed by atoms with E-state index in [-0.39, 0.29) is 0 Å². The third-order valence-corrected chi connectivity index (χ3v) is 3.24. The van der Waals surface area contributed by atoms with Crippen molar-refractivity contribution in [3.8, 4) is 11.3 Å². The average molecular weight is 223 g/mol. The minimum absolute atomic E-state index is 0.556. The van der Waals surface area contributed by atoms with Gasteiger partial charge >= 0.3 is 0 Å². The fourth-order valence-corrected chi connectivity index (χ4v) is 2.45. The van der Waals surface area contributed by atoms with Gasteiger partial charge < -0.3 is 0 Å². The van der Waals surface area contributed by atoms with Crippen molar-refractivity contribution in [2.45, 2.75) is 12.8 Å². The quantitative estimate of drug-likeness (QED) is 0.576. The van der Waals surface area contributed by atoms with Gasteiger partial charge in [0.25, 0.3) is 5.78 Å². The maximum atomic E-state index is 4.25. The molecular weight excluding hydrogens is 214 g/mol.